The van der Waals surface area contributed by atoms with Gasteiger partial charge < -0.3 is 0 Å². The number of aryl methyl sites for hydroxylation is 1. The van der Waals surface area contributed by atoms with E-state index in [0.717, 1.165) is 0 Å². The molecule has 1 aromatic rings. The highest BCUT2D eigenvalue weighted by Crippen LogP contribution is 2.37. The van der Waals surface area contributed by atoms with Crippen molar-refractivity contribution in [1.82, 2.24) is 0 Å². The van der Waals surface area contributed by atoms with E-state index in [1.165, 1.54) is 12.1 Å². The Labute approximate surface area is 88.1 Å². The summed E-state index contributed by atoms with van der Waals surface area (Å²) in [5.74, 6) is -0.354. The molecule has 0 fully saturated rings. The van der Waals surface area contributed by atoms with Crippen molar-refractivity contribution in [2.24, 2.45) is 0 Å². The molecule has 0 aliphatic heterocycles. The van der Waals surface area contributed by atoms with Crippen LogP contribution in [0, 0.1) is 6.92 Å². The zero-order valence-electron chi connectivity index (χ0n) is 8.86. The molecular formula is C12H14F3. The molecule has 3 heteroatoms. The predicted molar refractivity (Wildman–Crippen MR) is 54.6 cm³/mol. The molecule has 83 valence electrons. The van der Waals surface area contributed by atoms with Crippen LogP contribution in [0.15, 0.2) is 18.2 Å². The second kappa shape index (κ2) is 4.25. The lowest BCUT2D eigenvalue weighted by Gasteiger charge is -2.18. The lowest BCUT2D eigenvalue weighted by Crippen LogP contribution is -2.13. The van der Waals surface area contributed by atoms with Gasteiger partial charge in [0.25, 0.3) is 0 Å². The maximum Gasteiger partial charge on any atom is 0.416 e. The Kier molecular flexibility index (Phi) is 3.42. The first-order valence-corrected chi connectivity index (χ1v) is 4.90. The van der Waals surface area contributed by atoms with E-state index in [1.54, 1.807) is 19.9 Å². The molecule has 1 aromatic carbocycles. The molecule has 0 bridgehead atoms. The van der Waals surface area contributed by atoms with Crippen LogP contribution < -0.4 is 0 Å². The first kappa shape index (κ1) is 12.1. The van der Waals surface area contributed by atoms with Gasteiger partial charge in [0.2, 0.25) is 0 Å². The monoisotopic (exact) mass is 215 g/mol. The summed E-state index contributed by atoms with van der Waals surface area (Å²) in [5, 5.41) is 0. The van der Waals surface area contributed by atoms with Crippen LogP contribution in [0.25, 0.3) is 0 Å². The molecule has 15 heavy (non-hydrogen) atoms. The van der Waals surface area contributed by atoms with Gasteiger partial charge in [-0.3, -0.25) is 0 Å². The maximum absolute atomic E-state index is 12.8. The molecule has 0 aliphatic rings. The highest BCUT2D eigenvalue weighted by molar-refractivity contribution is 5.40. The molecule has 0 saturated carbocycles. The smallest absolute Gasteiger partial charge is 0.166 e. The minimum Gasteiger partial charge on any atom is -0.166 e. The van der Waals surface area contributed by atoms with E-state index in [9.17, 15) is 13.2 Å². The molecular weight excluding hydrogens is 201 g/mol. The van der Waals surface area contributed by atoms with Gasteiger partial charge >= 0.3 is 6.18 Å². The second-order valence-corrected chi connectivity index (χ2v) is 3.63. The van der Waals surface area contributed by atoms with Gasteiger partial charge in [0.05, 0.1) is 5.56 Å². The summed E-state index contributed by atoms with van der Waals surface area (Å²) in [4.78, 5) is 0. The number of halogens is 3. The summed E-state index contributed by atoms with van der Waals surface area (Å²) in [6.45, 7) is 7.05. The number of hydrogen-bond acceptors (Lipinski definition) is 0. The summed E-state index contributed by atoms with van der Waals surface area (Å²) in [6, 6.07) is 4.68. The largest absolute Gasteiger partial charge is 0.416 e. The summed E-state index contributed by atoms with van der Waals surface area (Å²) in [6.07, 6.45) is -3.90. The Morgan fingerprint density at radius 2 is 1.93 bits per heavy atom. The molecule has 0 nitrogen and oxygen atoms in total. The first-order chi connectivity index (χ1) is 6.88. The van der Waals surface area contributed by atoms with E-state index in [4.69, 9.17) is 0 Å². The van der Waals surface area contributed by atoms with Crippen molar-refractivity contribution in [3.05, 3.63) is 41.8 Å². The molecule has 0 N–H and O–H groups in total. The maximum atomic E-state index is 12.8. The first-order valence-electron chi connectivity index (χ1n) is 4.90. The predicted octanol–water partition coefficient (Wildman–Crippen LogP) is 4.21. The van der Waals surface area contributed by atoms with Crippen LogP contribution in [0.3, 0.4) is 0 Å². The van der Waals surface area contributed by atoms with Gasteiger partial charge in [0.1, 0.15) is 0 Å². The number of hydrogen-bond donors (Lipinski definition) is 0. The van der Waals surface area contributed by atoms with E-state index >= 15 is 0 Å². The minimum absolute atomic E-state index is 0.279. The number of rotatable bonds is 2. The Bertz CT molecular complexity index is 337. The molecule has 1 atom stereocenters. The van der Waals surface area contributed by atoms with Crippen LogP contribution >= 0.6 is 0 Å². The zero-order chi connectivity index (χ0) is 11.6. The quantitative estimate of drug-likeness (QED) is 0.693. The van der Waals surface area contributed by atoms with Crippen LogP contribution in [0.2, 0.25) is 0 Å². The summed E-state index contributed by atoms with van der Waals surface area (Å²) in [5.41, 5.74) is 0.118. The van der Waals surface area contributed by atoms with Crippen LogP contribution in [0.1, 0.15) is 36.5 Å². The van der Waals surface area contributed by atoms with E-state index in [2.05, 4.69) is 6.92 Å². The average molecular weight is 215 g/mol. The van der Waals surface area contributed by atoms with Crippen molar-refractivity contribution in [2.45, 2.75) is 32.4 Å². The van der Waals surface area contributed by atoms with Gasteiger partial charge in [-0.25, -0.2) is 0 Å². The third-order valence-electron chi connectivity index (χ3n) is 2.38. The molecule has 0 aromatic heterocycles. The lowest BCUT2D eigenvalue weighted by atomic mass is 9.92. The summed E-state index contributed by atoms with van der Waals surface area (Å²) in [7, 11) is 0. The van der Waals surface area contributed by atoms with Crippen molar-refractivity contribution in [1.29, 1.82) is 0 Å². The van der Waals surface area contributed by atoms with E-state index in [1.807, 2.05) is 0 Å². The molecule has 0 saturated heterocycles. The minimum atomic E-state index is -4.28. The standard InChI is InChI=1S/C12H14F3/c1-4-9-6-5-7-10(8(2)3)11(9)12(13,14)15/h5-8H,2,4H2,1,3H3. The van der Waals surface area contributed by atoms with Crippen LogP contribution in [-0.2, 0) is 12.6 Å². The van der Waals surface area contributed by atoms with Crippen LogP contribution in [0.5, 0.6) is 0 Å². The van der Waals surface area contributed by atoms with Crippen molar-refractivity contribution in [3.63, 3.8) is 0 Å². The molecule has 0 spiro atoms. The Morgan fingerprint density at radius 1 is 1.33 bits per heavy atom. The lowest BCUT2D eigenvalue weighted by molar-refractivity contribution is -0.138. The van der Waals surface area contributed by atoms with Crippen molar-refractivity contribution < 1.29 is 13.2 Å². The average Bonchev–Trinajstić information content (AvgIpc) is 2.15. The van der Waals surface area contributed by atoms with Gasteiger partial charge in [-0.1, -0.05) is 32.0 Å². The molecule has 0 amide bonds. The highest BCUT2D eigenvalue weighted by atomic mass is 19.4. The second-order valence-electron chi connectivity index (χ2n) is 3.63. The zero-order valence-corrected chi connectivity index (χ0v) is 8.86. The number of alkyl halides is 3. The van der Waals surface area contributed by atoms with Gasteiger partial charge in [-0.05, 0) is 30.4 Å². The fourth-order valence-corrected chi connectivity index (χ4v) is 1.67. The molecule has 0 aliphatic carbocycles. The van der Waals surface area contributed by atoms with Crippen LogP contribution in [0.4, 0.5) is 13.2 Å². The Morgan fingerprint density at radius 3 is 2.33 bits per heavy atom. The van der Waals surface area contributed by atoms with E-state index < -0.39 is 11.7 Å². The van der Waals surface area contributed by atoms with Gasteiger partial charge in [-0.15, -0.1) is 0 Å². The van der Waals surface area contributed by atoms with Crippen molar-refractivity contribution in [2.75, 3.05) is 0 Å². The molecule has 1 rings (SSSR count). The van der Waals surface area contributed by atoms with E-state index in [-0.39, 0.29) is 11.5 Å². The van der Waals surface area contributed by atoms with Crippen molar-refractivity contribution >= 4 is 0 Å². The summed E-state index contributed by atoms with van der Waals surface area (Å²) < 4.78 is 38.5. The molecule has 1 radical (unpaired) electrons. The highest BCUT2D eigenvalue weighted by Gasteiger charge is 2.35. The molecule has 0 heterocycles. The van der Waals surface area contributed by atoms with Gasteiger partial charge in [0, 0.05) is 0 Å². The third-order valence-corrected chi connectivity index (χ3v) is 2.38. The number of benzene rings is 1. The normalized spacial score (nSPS) is 12.2. The molecule has 1 unspecified atom stereocenters. The topological polar surface area (TPSA) is 0 Å². The Balaban J connectivity index is 3.41. The Hall–Kier alpha value is -0.990. The van der Waals surface area contributed by atoms with Gasteiger partial charge in [0.15, 0.2) is 0 Å². The fraction of sp³-hybridized carbons (Fsp3) is 0.417. The van der Waals surface area contributed by atoms with Gasteiger partial charge in [-0.2, -0.15) is 13.2 Å². The summed E-state index contributed by atoms with van der Waals surface area (Å²) >= 11 is 0. The van der Waals surface area contributed by atoms with Crippen LogP contribution in [-0.4, -0.2) is 0 Å². The van der Waals surface area contributed by atoms with E-state index in [0.29, 0.717) is 12.0 Å². The third kappa shape index (κ3) is 2.52. The fourth-order valence-electron chi connectivity index (χ4n) is 1.67. The SMILES string of the molecule is [CH2]C(C)c1cccc(CC)c1C(F)(F)F. The van der Waals surface area contributed by atoms with Crippen molar-refractivity contribution in [3.8, 4) is 0 Å².